The van der Waals surface area contributed by atoms with Gasteiger partial charge in [-0.25, -0.2) is 0 Å². The van der Waals surface area contributed by atoms with Crippen molar-refractivity contribution < 1.29 is 14.3 Å². The summed E-state index contributed by atoms with van der Waals surface area (Å²) in [6.07, 6.45) is 0.334. The molecule has 1 saturated heterocycles. The van der Waals surface area contributed by atoms with Gasteiger partial charge in [0.25, 0.3) is 5.91 Å². The largest absolute Gasteiger partial charge is 0.486 e. The van der Waals surface area contributed by atoms with Crippen LogP contribution in [0.2, 0.25) is 0 Å². The molecular weight excluding hydrogens is 374 g/mol. The van der Waals surface area contributed by atoms with E-state index >= 15 is 0 Å². The summed E-state index contributed by atoms with van der Waals surface area (Å²) in [7, 11) is 0. The van der Waals surface area contributed by atoms with Gasteiger partial charge in [0.05, 0.1) is 4.70 Å². The van der Waals surface area contributed by atoms with Crippen molar-refractivity contribution in [1.82, 2.24) is 9.27 Å². The minimum atomic E-state index is 0.00334. The molecule has 5 rings (SSSR count). The summed E-state index contributed by atoms with van der Waals surface area (Å²) in [5, 5.41) is 1.17. The zero-order valence-electron chi connectivity index (χ0n) is 15.3. The normalized spacial score (nSPS) is 16.8. The van der Waals surface area contributed by atoms with Crippen LogP contribution in [0.1, 0.15) is 15.9 Å². The van der Waals surface area contributed by atoms with Crippen LogP contribution in [-0.4, -0.2) is 53.7 Å². The minimum Gasteiger partial charge on any atom is -0.486 e. The molecule has 2 aliphatic rings. The highest BCUT2D eigenvalue weighted by Gasteiger charge is 2.26. The Morgan fingerprint density at radius 2 is 1.89 bits per heavy atom. The predicted octanol–water partition coefficient (Wildman–Crippen LogP) is 2.76. The van der Waals surface area contributed by atoms with E-state index in [4.69, 9.17) is 4.74 Å². The Bertz CT molecular complexity index is 1070. The number of aromatic nitrogens is 1. The second-order valence-corrected chi connectivity index (χ2v) is 7.91. The fourth-order valence-corrected chi connectivity index (χ4v) is 4.61. The Kier molecular flexibility index (Phi) is 4.24. The molecule has 0 unspecified atom stereocenters. The number of nitrogens with zero attached hydrogens (tertiary/aromatic N) is 3. The number of benzene rings is 2. The first kappa shape index (κ1) is 17.2. The summed E-state index contributed by atoms with van der Waals surface area (Å²) >= 11 is 1.51. The number of Topliss-reactive ketones (excluding diaryl/α,β-unsaturated/α-hetero) is 1. The van der Waals surface area contributed by atoms with Crippen molar-refractivity contribution in [2.45, 2.75) is 6.42 Å². The van der Waals surface area contributed by atoms with E-state index in [9.17, 15) is 9.59 Å². The van der Waals surface area contributed by atoms with Crippen molar-refractivity contribution >= 4 is 39.1 Å². The van der Waals surface area contributed by atoms with Gasteiger partial charge in [0.15, 0.2) is 5.78 Å². The number of carbonyl (C=O) groups is 2. The van der Waals surface area contributed by atoms with Gasteiger partial charge in [-0.1, -0.05) is 12.1 Å². The standard InChI is InChI=1S/C21H19N3O3S/c25-16-12-15-11-14(5-6-18(15)27-13-16)21(26)24-9-7-23(8-10-24)20-17-3-1-2-4-19(17)28-22-20/h1-6,11H,7-10,12-13H2. The highest BCUT2D eigenvalue weighted by molar-refractivity contribution is 7.13. The maximum Gasteiger partial charge on any atom is 0.253 e. The van der Waals surface area contributed by atoms with Gasteiger partial charge in [0.1, 0.15) is 18.2 Å². The molecule has 1 fully saturated rings. The van der Waals surface area contributed by atoms with E-state index in [-0.39, 0.29) is 18.3 Å². The van der Waals surface area contributed by atoms with Gasteiger partial charge in [0, 0.05) is 49.1 Å². The van der Waals surface area contributed by atoms with E-state index < -0.39 is 0 Å². The van der Waals surface area contributed by atoms with Crippen molar-refractivity contribution in [2.75, 3.05) is 37.7 Å². The molecule has 0 radical (unpaired) electrons. The Morgan fingerprint density at radius 1 is 1.07 bits per heavy atom. The van der Waals surface area contributed by atoms with Crippen LogP contribution in [0.25, 0.3) is 10.1 Å². The molecule has 0 N–H and O–H groups in total. The molecule has 0 atom stereocenters. The van der Waals surface area contributed by atoms with E-state index in [0.717, 1.165) is 24.5 Å². The summed E-state index contributed by atoms with van der Waals surface area (Å²) < 4.78 is 11.2. The second kappa shape index (κ2) is 6.91. The molecule has 142 valence electrons. The van der Waals surface area contributed by atoms with Gasteiger partial charge in [-0.15, -0.1) is 0 Å². The summed E-state index contributed by atoms with van der Waals surface area (Å²) in [5.74, 6) is 1.76. The van der Waals surface area contributed by atoms with Crippen molar-refractivity contribution in [3.8, 4) is 5.75 Å². The lowest BCUT2D eigenvalue weighted by molar-refractivity contribution is -0.121. The van der Waals surface area contributed by atoms with E-state index in [1.807, 2.05) is 17.0 Å². The molecule has 0 aliphatic carbocycles. The lowest BCUT2D eigenvalue weighted by Gasteiger charge is -2.35. The first-order valence-electron chi connectivity index (χ1n) is 9.35. The predicted molar refractivity (Wildman–Crippen MR) is 108 cm³/mol. The number of hydrogen-bond donors (Lipinski definition) is 0. The third kappa shape index (κ3) is 3.01. The van der Waals surface area contributed by atoms with Crippen LogP contribution in [0.4, 0.5) is 5.82 Å². The molecule has 3 heterocycles. The molecule has 6 nitrogen and oxygen atoms in total. The Labute approximate surface area is 166 Å². The number of carbonyl (C=O) groups excluding carboxylic acids is 2. The van der Waals surface area contributed by atoms with Gasteiger partial charge in [-0.05, 0) is 41.9 Å². The number of ketones is 1. The van der Waals surface area contributed by atoms with Crippen molar-refractivity contribution in [1.29, 1.82) is 0 Å². The number of hydrogen-bond acceptors (Lipinski definition) is 6. The van der Waals surface area contributed by atoms with Crippen LogP contribution in [0.15, 0.2) is 42.5 Å². The van der Waals surface area contributed by atoms with E-state index in [0.29, 0.717) is 30.8 Å². The van der Waals surface area contributed by atoms with Crippen molar-refractivity contribution in [2.24, 2.45) is 0 Å². The molecule has 0 bridgehead atoms. The fraction of sp³-hybridized carbons (Fsp3) is 0.286. The lowest BCUT2D eigenvalue weighted by atomic mass is 10.0. The van der Waals surface area contributed by atoms with Gasteiger partial charge in [-0.2, -0.15) is 4.37 Å². The third-order valence-corrected chi connectivity index (χ3v) is 6.13. The molecule has 3 aromatic rings. The molecule has 2 aromatic carbocycles. The van der Waals surface area contributed by atoms with Crippen molar-refractivity contribution in [3.05, 3.63) is 53.6 Å². The monoisotopic (exact) mass is 393 g/mol. The first-order chi connectivity index (χ1) is 13.7. The summed E-state index contributed by atoms with van der Waals surface area (Å²) in [5.41, 5.74) is 1.42. The Hall–Kier alpha value is -2.93. The molecule has 2 aliphatic heterocycles. The number of ether oxygens (including phenoxy) is 1. The quantitative estimate of drug-likeness (QED) is 0.670. The van der Waals surface area contributed by atoms with Gasteiger partial charge >= 0.3 is 0 Å². The van der Waals surface area contributed by atoms with Gasteiger partial charge in [-0.3, -0.25) is 9.59 Å². The number of fused-ring (bicyclic) bond motifs is 2. The molecule has 1 amide bonds. The molecular formula is C21H19N3O3S. The molecule has 1 aromatic heterocycles. The average molecular weight is 393 g/mol. The lowest BCUT2D eigenvalue weighted by Crippen LogP contribution is -2.49. The van der Waals surface area contributed by atoms with Crippen molar-refractivity contribution in [3.63, 3.8) is 0 Å². The highest BCUT2D eigenvalue weighted by Crippen LogP contribution is 2.30. The average Bonchev–Trinajstić information content (AvgIpc) is 3.17. The SMILES string of the molecule is O=C1COc2ccc(C(=O)N3CCN(c4nsc5ccccc45)CC3)cc2C1. The van der Waals surface area contributed by atoms with E-state index in [2.05, 4.69) is 21.4 Å². The second-order valence-electron chi connectivity index (χ2n) is 7.11. The zero-order chi connectivity index (χ0) is 19.1. The van der Waals surface area contributed by atoms with Crippen LogP contribution in [0.3, 0.4) is 0 Å². The molecule has 7 heteroatoms. The maximum absolute atomic E-state index is 12.9. The Balaban J connectivity index is 1.30. The number of amides is 1. The number of piperazine rings is 1. The molecule has 0 saturated carbocycles. The fourth-order valence-electron chi connectivity index (χ4n) is 3.82. The first-order valence-corrected chi connectivity index (χ1v) is 10.1. The number of rotatable bonds is 2. The van der Waals surface area contributed by atoms with Gasteiger partial charge in [0.2, 0.25) is 0 Å². The van der Waals surface area contributed by atoms with Gasteiger partial charge < -0.3 is 14.5 Å². The van der Waals surface area contributed by atoms with Crippen LogP contribution < -0.4 is 9.64 Å². The summed E-state index contributed by atoms with van der Waals surface area (Å²) in [6, 6.07) is 13.6. The zero-order valence-corrected chi connectivity index (χ0v) is 16.1. The van der Waals surface area contributed by atoms with Crippen LogP contribution in [0, 0.1) is 0 Å². The van der Waals surface area contributed by atoms with Crippen LogP contribution in [-0.2, 0) is 11.2 Å². The minimum absolute atomic E-state index is 0.00334. The van der Waals surface area contributed by atoms with Crippen LogP contribution in [0.5, 0.6) is 5.75 Å². The smallest absolute Gasteiger partial charge is 0.253 e. The maximum atomic E-state index is 12.9. The summed E-state index contributed by atoms with van der Waals surface area (Å²) in [4.78, 5) is 28.7. The van der Waals surface area contributed by atoms with E-state index in [1.165, 1.54) is 21.6 Å². The topological polar surface area (TPSA) is 62.7 Å². The molecule has 0 spiro atoms. The third-order valence-electron chi connectivity index (χ3n) is 5.31. The number of anilines is 1. The molecule has 28 heavy (non-hydrogen) atoms. The van der Waals surface area contributed by atoms with Crippen LogP contribution >= 0.6 is 11.5 Å². The summed E-state index contributed by atoms with van der Waals surface area (Å²) in [6.45, 7) is 2.93. The highest BCUT2D eigenvalue weighted by atomic mass is 32.1. The van der Waals surface area contributed by atoms with E-state index in [1.54, 1.807) is 18.2 Å². The Morgan fingerprint density at radius 3 is 2.75 bits per heavy atom.